The fourth-order valence-corrected chi connectivity index (χ4v) is 0.510. The molecule has 58 valence electrons. The fraction of sp³-hybridized carbons (Fsp3) is 0.0909. The molecule has 0 spiro atoms. The van der Waals surface area contributed by atoms with Crippen molar-refractivity contribution < 1.29 is 0 Å². The maximum absolute atomic E-state index is 3.56. The summed E-state index contributed by atoms with van der Waals surface area (Å²) in [7, 11) is 0. The molecule has 0 unspecified atom stereocenters. The topological polar surface area (TPSA) is 0 Å². The Morgan fingerprint density at radius 2 is 1.18 bits per heavy atom. The van der Waals surface area contributed by atoms with Crippen LogP contribution in [0.2, 0.25) is 0 Å². The Hall–Kier alpha value is -1.30. The largest absolute Gasteiger partial charge is 0.0991 e. The monoisotopic (exact) mass is 146 g/mol. The molecular weight excluding hydrogens is 132 g/mol. The van der Waals surface area contributed by atoms with Gasteiger partial charge in [0.2, 0.25) is 0 Å². The molecule has 0 fully saturated rings. The van der Waals surface area contributed by atoms with Crippen molar-refractivity contribution >= 4 is 0 Å². The third-order valence-electron chi connectivity index (χ3n) is 0.995. The molecule has 0 aromatic carbocycles. The van der Waals surface area contributed by atoms with Gasteiger partial charge in [-0.25, -0.2) is 0 Å². The zero-order valence-electron chi connectivity index (χ0n) is 6.90. The Balaban J connectivity index is 3.59. The van der Waals surface area contributed by atoms with Crippen molar-refractivity contribution in [3.63, 3.8) is 0 Å². The van der Waals surface area contributed by atoms with Gasteiger partial charge in [-0.1, -0.05) is 61.3 Å². The van der Waals surface area contributed by atoms with Crippen LogP contribution >= 0.6 is 0 Å². The van der Waals surface area contributed by atoms with Crippen LogP contribution in [-0.2, 0) is 0 Å². The van der Waals surface area contributed by atoms with E-state index >= 15 is 0 Å². The molecule has 0 aromatic heterocycles. The summed E-state index contributed by atoms with van der Waals surface area (Å²) in [5.41, 5.74) is 0. The average molecular weight is 146 g/mol. The standard InChI is InChI=1S/C11H14/c1-3-5-7-9-11-10-8-6-4-2/h3-11H,1H2,2H3/b6-4+,7-5+,10-8+,11-9+. The highest BCUT2D eigenvalue weighted by Crippen LogP contribution is 1.81. The van der Waals surface area contributed by atoms with Crippen LogP contribution < -0.4 is 0 Å². The van der Waals surface area contributed by atoms with Gasteiger partial charge in [0.05, 0.1) is 0 Å². The quantitative estimate of drug-likeness (QED) is 0.533. The average Bonchev–Trinajstić information content (AvgIpc) is 2.03. The summed E-state index contributed by atoms with van der Waals surface area (Å²) in [5.74, 6) is 0. The van der Waals surface area contributed by atoms with E-state index in [1.807, 2.05) is 55.5 Å². The van der Waals surface area contributed by atoms with Crippen LogP contribution in [-0.4, -0.2) is 0 Å². The highest BCUT2D eigenvalue weighted by Gasteiger charge is 1.59. The van der Waals surface area contributed by atoms with E-state index in [1.54, 1.807) is 6.08 Å². The van der Waals surface area contributed by atoms with E-state index in [-0.39, 0.29) is 0 Å². The molecule has 0 atom stereocenters. The number of hydrogen-bond acceptors (Lipinski definition) is 0. The van der Waals surface area contributed by atoms with Crippen LogP contribution in [0.25, 0.3) is 0 Å². The van der Waals surface area contributed by atoms with Crippen molar-refractivity contribution in [1.29, 1.82) is 0 Å². The van der Waals surface area contributed by atoms with E-state index in [2.05, 4.69) is 6.58 Å². The maximum atomic E-state index is 3.56. The first-order valence-corrected chi connectivity index (χ1v) is 3.65. The lowest BCUT2D eigenvalue weighted by Crippen LogP contribution is -1.49. The lowest BCUT2D eigenvalue weighted by molar-refractivity contribution is 1.73. The molecule has 0 bridgehead atoms. The highest BCUT2D eigenvalue weighted by molar-refractivity contribution is 5.16. The Kier molecular flexibility index (Phi) is 7.67. The van der Waals surface area contributed by atoms with Gasteiger partial charge in [-0.2, -0.15) is 0 Å². The first-order valence-electron chi connectivity index (χ1n) is 3.65. The first kappa shape index (κ1) is 9.70. The summed E-state index contributed by atoms with van der Waals surface area (Å²) in [4.78, 5) is 0. The molecule has 0 nitrogen and oxygen atoms in total. The second-order valence-electron chi connectivity index (χ2n) is 1.92. The van der Waals surface area contributed by atoms with Crippen molar-refractivity contribution in [3.05, 3.63) is 61.3 Å². The Labute approximate surface area is 68.9 Å². The van der Waals surface area contributed by atoms with Crippen molar-refractivity contribution in [2.75, 3.05) is 0 Å². The normalized spacial score (nSPS) is 12.8. The van der Waals surface area contributed by atoms with E-state index in [4.69, 9.17) is 0 Å². The second-order valence-corrected chi connectivity index (χ2v) is 1.92. The zero-order chi connectivity index (χ0) is 8.36. The molecule has 0 saturated carbocycles. The number of rotatable bonds is 4. The van der Waals surface area contributed by atoms with Crippen LogP contribution in [0.1, 0.15) is 6.92 Å². The van der Waals surface area contributed by atoms with Gasteiger partial charge in [-0.15, -0.1) is 0 Å². The van der Waals surface area contributed by atoms with E-state index in [0.29, 0.717) is 0 Å². The molecule has 0 aromatic rings. The van der Waals surface area contributed by atoms with E-state index in [1.165, 1.54) is 0 Å². The molecule has 0 aliphatic carbocycles. The summed E-state index contributed by atoms with van der Waals surface area (Å²) < 4.78 is 0. The summed E-state index contributed by atoms with van der Waals surface area (Å²) >= 11 is 0. The zero-order valence-corrected chi connectivity index (χ0v) is 6.90. The van der Waals surface area contributed by atoms with Gasteiger partial charge < -0.3 is 0 Å². The van der Waals surface area contributed by atoms with Gasteiger partial charge in [-0.3, -0.25) is 0 Å². The van der Waals surface area contributed by atoms with E-state index in [9.17, 15) is 0 Å². The van der Waals surface area contributed by atoms with Crippen molar-refractivity contribution in [1.82, 2.24) is 0 Å². The SMILES string of the molecule is C=C/C=C/C=C/C=C/C=C/C. The summed E-state index contributed by atoms with van der Waals surface area (Å²) in [6.45, 7) is 5.55. The molecule has 0 aliphatic rings. The van der Waals surface area contributed by atoms with Crippen LogP contribution in [0.15, 0.2) is 61.3 Å². The minimum absolute atomic E-state index is 1.75. The summed E-state index contributed by atoms with van der Waals surface area (Å²) in [5, 5.41) is 0. The first-order chi connectivity index (χ1) is 5.41. The molecule has 11 heavy (non-hydrogen) atoms. The van der Waals surface area contributed by atoms with Gasteiger partial charge in [-0.05, 0) is 6.92 Å². The third kappa shape index (κ3) is 8.70. The van der Waals surface area contributed by atoms with Gasteiger partial charge in [0.25, 0.3) is 0 Å². The minimum Gasteiger partial charge on any atom is -0.0991 e. The van der Waals surface area contributed by atoms with Crippen molar-refractivity contribution in [3.8, 4) is 0 Å². The molecule has 0 aliphatic heterocycles. The molecule has 0 radical (unpaired) electrons. The van der Waals surface area contributed by atoms with Crippen LogP contribution in [0.4, 0.5) is 0 Å². The minimum atomic E-state index is 1.75. The van der Waals surface area contributed by atoms with Crippen LogP contribution in [0.5, 0.6) is 0 Å². The molecule has 0 heterocycles. The summed E-state index contributed by atoms with van der Waals surface area (Å²) in [6.07, 6.45) is 17.5. The maximum Gasteiger partial charge on any atom is -0.0467 e. The third-order valence-corrected chi connectivity index (χ3v) is 0.995. The smallest absolute Gasteiger partial charge is 0.0467 e. The lowest BCUT2D eigenvalue weighted by Gasteiger charge is -1.71. The van der Waals surface area contributed by atoms with Crippen molar-refractivity contribution in [2.45, 2.75) is 6.92 Å². The lowest BCUT2D eigenvalue weighted by atomic mass is 10.4. The van der Waals surface area contributed by atoms with Crippen LogP contribution in [0, 0.1) is 0 Å². The summed E-state index contributed by atoms with van der Waals surface area (Å²) in [6, 6.07) is 0. The Morgan fingerprint density at radius 1 is 0.727 bits per heavy atom. The van der Waals surface area contributed by atoms with Gasteiger partial charge in [0.15, 0.2) is 0 Å². The Bertz CT molecular complexity index is 190. The number of hydrogen-bond donors (Lipinski definition) is 0. The van der Waals surface area contributed by atoms with E-state index in [0.717, 1.165) is 0 Å². The molecule has 0 heteroatoms. The van der Waals surface area contributed by atoms with Gasteiger partial charge in [0, 0.05) is 0 Å². The fourth-order valence-electron chi connectivity index (χ4n) is 0.510. The Morgan fingerprint density at radius 3 is 1.64 bits per heavy atom. The van der Waals surface area contributed by atoms with Gasteiger partial charge >= 0.3 is 0 Å². The predicted molar refractivity (Wildman–Crippen MR) is 52.4 cm³/mol. The molecular formula is C11H14. The van der Waals surface area contributed by atoms with E-state index < -0.39 is 0 Å². The van der Waals surface area contributed by atoms with Gasteiger partial charge in [0.1, 0.15) is 0 Å². The second kappa shape index (κ2) is 8.70. The highest BCUT2D eigenvalue weighted by atomic mass is 13.7. The van der Waals surface area contributed by atoms with Crippen molar-refractivity contribution in [2.24, 2.45) is 0 Å². The molecule has 0 N–H and O–H groups in total. The number of allylic oxidation sites excluding steroid dienone is 9. The molecule has 0 rings (SSSR count). The molecule has 0 saturated heterocycles. The van der Waals surface area contributed by atoms with Crippen LogP contribution in [0.3, 0.4) is 0 Å². The molecule has 0 amide bonds. The predicted octanol–water partition coefficient (Wildman–Crippen LogP) is 3.42.